The first-order chi connectivity index (χ1) is 14.5. The van der Waals surface area contributed by atoms with Crippen molar-refractivity contribution in [1.82, 2.24) is 14.8 Å². The predicted octanol–water partition coefficient (Wildman–Crippen LogP) is 4.21. The zero-order valence-corrected chi connectivity index (χ0v) is 17.7. The van der Waals surface area contributed by atoms with Crippen LogP contribution in [0.3, 0.4) is 0 Å². The van der Waals surface area contributed by atoms with Crippen LogP contribution in [-0.4, -0.2) is 32.3 Å². The van der Waals surface area contributed by atoms with E-state index in [0.717, 1.165) is 29.4 Å². The largest absolute Gasteiger partial charge is 0.325 e. The first-order valence-electron chi connectivity index (χ1n) is 9.82. The highest BCUT2D eigenvalue weighted by atomic mass is 32.2. The number of carbonyl (C=O) groups excluding carboxylic acids is 2. The zero-order valence-electron chi connectivity index (χ0n) is 16.9. The smallest absolute Gasteiger partial charge is 0.257 e. The minimum Gasteiger partial charge on any atom is -0.325 e. The van der Waals surface area contributed by atoms with Crippen molar-refractivity contribution in [1.29, 1.82) is 0 Å². The Balaban J connectivity index is 1.41. The number of nitrogens with one attached hydrogen (secondary N) is 2. The van der Waals surface area contributed by atoms with Gasteiger partial charge in [-0.05, 0) is 56.5 Å². The first-order valence-corrected chi connectivity index (χ1v) is 10.8. The Bertz CT molecular complexity index is 1090. The van der Waals surface area contributed by atoms with Crippen LogP contribution < -0.4 is 10.6 Å². The van der Waals surface area contributed by atoms with Crippen LogP contribution in [0.4, 0.5) is 11.4 Å². The standard InChI is InChI=1S/C22H23N5O2S/c1-14-6-5-7-16(12-14)23-21(29)18-8-3-4-9-19(18)24-20(28)13-30-22-26-25-15(2)27(22)17-10-11-17/h3-9,12,17H,10-11,13H2,1-2H3,(H,23,29)(H,24,28). The van der Waals surface area contributed by atoms with Crippen molar-refractivity contribution in [3.8, 4) is 0 Å². The van der Waals surface area contributed by atoms with Crippen LogP contribution in [0, 0.1) is 13.8 Å². The van der Waals surface area contributed by atoms with E-state index in [-0.39, 0.29) is 17.6 Å². The third-order valence-electron chi connectivity index (χ3n) is 4.80. The SMILES string of the molecule is Cc1cccc(NC(=O)c2ccccc2NC(=O)CSc2nnc(C)n2C2CC2)c1. The van der Waals surface area contributed by atoms with Gasteiger partial charge < -0.3 is 15.2 Å². The topological polar surface area (TPSA) is 88.9 Å². The van der Waals surface area contributed by atoms with Crippen molar-refractivity contribution in [2.75, 3.05) is 16.4 Å². The number of para-hydroxylation sites is 1. The summed E-state index contributed by atoms with van der Waals surface area (Å²) in [6.07, 6.45) is 2.25. The lowest BCUT2D eigenvalue weighted by Crippen LogP contribution is -2.19. The van der Waals surface area contributed by atoms with E-state index < -0.39 is 0 Å². The van der Waals surface area contributed by atoms with Crippen molar-refractivity contribution in [2.24, 2.45) is 0 Å². The Hall–Kier alpha value is -3.13. The first kappa shape index (κ1) is 20.2. The van der Waals surface area contributed by atoms with Gasteiger partial charge in [0.1, 0.15) is 5.82 Å². The molecule has 1 fully saturated rings. The van der Waals surface area contributed by atoms with E-state index in [1.165, 1.54) is 11.8 Å². The van der Waals surface area contributed by atoms with Crippen molar-refractivity contribution in [3.05, 3.63) is 65.5 Å². The Morgan fingerprint density at radius 3 is 2.63 bits per heavy atom. The van der Waals surface area contributed by atoms with Gasteiger partial charge >= 0.3 is 0 Å². The molecule has 7 nitrogen and oxygen atoms in total. The number of anilines is 2. The number of rotatable bonds is 7. The molecule has 2 amide bonds. The van der Waals surface area contributed by atoms with E-state index in [9.17, 15) is 9.59 Å². The molecular weight excluding hydrogens is 398 g/mol. The quantitative estimate of drug-likeness (QED) is 0.558. The van der Waals surface area contributed by atoms with Gasteiger partial charge in [-0.3, -0.25) is 9.59 Å². The summed E-state index contributed by atoms with van der Waals surface area (Å²) in [6.45, 7) is 3.89. The van der Waals surface area contributed by atoms with E-state index in [4.69, 9.17) is 0 Å². The van der Waals surface area contributed by atoms with E-state index in [1.54, 1.807) is 24.3 Å². The lowest BCUT2D eigenvalue weighted by Gasteiger charge is -2.12. The molecule has 0 bridgehead atoms. The molecule has 2 N–H and O–H groups in total. The molecule has 1 aliphatic carbocycles. The maximum absolute atomic E-state index is 12.7. The Morgan fingerprint density at radius 2 is 1.87 bits per heavy atom. The van der Waals surface area contributed by atoms with Gasteiger partial charge in [0.2, 0.25) is 5.91 Å². The summed E-state index contributed by atoms with van der Waals surface area (Å²) in [5, 5.41) is 14.8. The summed E-state index contributed by atoms with van der Waals surface area (Å²) in [5.41, 5.74) is 2.66. The van der Waals surface area contributed by atoms with Crippen LogP contribution >= 0.6 is 11.8 Å². The summed E-state index contributed by atoms with van der Waals surface area (Å²) in [5.74, 6) is 0.601. The second kappa shape index (κ2) is 8.71. The summed E-state index contributed by atoms with van der Waals surface area (Å²) in [4.78, 5) is 25.3. The molecule has 3 aromatic rings. The molecule has 1 saturated carbocycles. The molecular formula is C22H23N5O2S. The fourth-order valence-electron chi connectivity index (χ4n) is 3.23. The number of hydrogen-bond donors (Lipinski definition) is 2. The van der Waals surface area contributed by atoms with Crippen LogP contribution in [0.5, 0.6) is 0 Å². The number of hydrogen-bond acceptors (Lipinski definition) is 5. The van der Waals surface area contributed by atoms with Crippen LogP contribution in [0.25, 0.3) is 0 Å². The molecule has 0 saturated heterocycles. The van der Waals surface area contributed by atoms with Gasteiger partial charge in [0.15, 0.2) is 5.16 Å². The molecule has 0 aliphatic heterocycles. The average molecular weight is 422 g/mol. The van der Waals surface area contributed by atoms with Gasteiger partial charge in [-0.15, -0.1) is 10.2 Å². The summed E-state index contributed by atoms with van der Waals surface area (Å²) in [6, 6.07) is 15.0. The van der Waals surface area contributed by atoms with Gasteiger partial charge in [0.25, 0.3) is 5.91 Å². The van der Waals surface area contributed by atoms with Gasteiger partial charge in [-0.2, -0.15) is 0 Å². The monoisotopic (exact) mass is 421 g/mol. The minimum absolute atomic E-state index is 0.193. The third-order valence-corrected chi connectivity index (χ3v) is 5.74. The molecule has 30 heavy (non-hydrogen) atoms. The summed E-state index contributed by atoms with van der Waals surface area (Å²) in [7, 11) is 0. The highest BCUT2D eigenvalue weighted by molar-refractivity contribution is 7.99. The second-order valence-electron chi connectivity index (χ2n) is 7.34. The average Bonchev–Trinajstić information content (AvgIpc) is 3.49. The second-order valence-corrected chi connectivity index (χ2v) is 8.28. The van der Waals surface area contributed by atoms with Gasteiger partial charge in [-0.25, -0.2) is 0 Å². The zero-order chi connectivity index (χ0) is 21.1. The van der Waals surface area contributed by atoms with E-state index in [2.05, 4.69) is 25.4 Å². The summed E-state index contributed by atoms with van der Waals surface area (Å²) >= 11 is 1.36. The molecule has 4 rings (SSSR count). The number of amides is 2. The number of thioether (sulfide) groups is 1. The minimum atomic E-state index is -0.270. The molecule has 1 aromatic heterocycles. The number of nitrogens with zero attached hydrogens (tertiary/aromatic N) is 3. The number of aromatic nitrogens is 3. The molecule has 8 heteroatoms. The van der Waals surface area contributed by atoms with Crippen LogP contribution in [0.2, 0.25) is 0 Å². The Morgan fingerprint density at radius 1 is 1.07 bits per heavy atom. The molecule has 1 aliphatic rings. The predicted molar refractivity (Wildman–Crippen MR) is 118 cm³/mol. The highest BCUT2D eigenvalue weighted by Crippen LogP contribution is 2.38. The molecule has 154 valence electrons. The fourth-order valence-corrected chi connectivity index (χ4v) is 4.08. The molecule has 0 spiro atoms. The van der Waals surface area contributed by atoms with Gasteiger partial charge in [0, 0.05) is 11.7 Å². The van der Waals surface area contributed by atoms with E-state index in [0.29, 0.717) is 23.0 Å². The maximum Gasteiger partial charge on any atom is 0.257 e. The van der Waals surface area contributed by atoms with E-state index >= 15 is 0 Å². The van der Waals surface area contributed by atoms with Crippen molar-refractivity contribution in [3.63, 3.8) is 0 Å². The molecule has 0 atom stereocenters. The van der Waals surface area contributed by atoms with Crippen LogP contribution in [0.15, 0.2) is 53.7 Å². The molecule has 1 heterocycles. The van der Waals surface area contributed by atoms with Crippen molar-refractivity contribution in [2.45, 2.75) is 37.9 Å². The summed E-state index contributed by atoms with van der Waals surface area (Å²) < 4.78 is 2.10. The van der Waals surface area contributed by atoms with Crippen molar-refractivity contribution < 1.29 is 9.59 Å². The fraction of sp³-hybridized carbons (Fsp3) is 0.273. The Labute approximate surface area is 179 Å². The van der Waals surface area contributed by atoms with E-state index in [1.807, 2.05) is 38.1 Å². The maximum atomic E-state index is 12.7. The number of aryl methyl sites for hydroxylation is 2. The van der Waals surface area contributed by atoms with Crippen LogP contribution in [0.1, 0.15) is 40.6 Å². The number of carbonyl (C=O) groups is 2. The Kier molecular flexibility index (Phi) is 5.85. The van der Waals surface area contributed by atoms with Crippen molar-refractivity contribution >= 4 is 35.0 Å². The molecule has 0 unspecified atom stereocenters. The van der Waals surface area contributed by atoms with Gasteiger partial charge in [0.05, 0.1) is 17.0 Å². The normalized spacial score (nSPS) is 13.1. The highest BCUT2D eigenvalue weighted by Gasteiger charge is 2.28. The van der Waals surface area contributed by atoms with Gasteiger partial charge in [-0.1, -0.05) is 36.0 Å². The molecule has 0 radical (unpaired) electrons. The number of benzene rings is 2. The third kappa shape index (κ3) is 4.71. The molecule has 2 aromatic carbocycles. The lowest BCUT2D eigenvalue weighted by atomic mass is 10.1. The lowest BCUT2D eigenvalue weighted by molar-refractivity contribution is -0.113. The van der Waals surface area contributed by atoms with Crippen LogP contribution in [-0.2, 0) is 4.79 Å².